The average molecular weight is 446 g/mol. The van der Waals surface area contributed by atoms with Crippen molar-refractivity contribution in [2.75, 3.05) is 0 Å². The van der Waals surface area contributed by atoms with Gasteiger partial charge in [-0.2, -0.15) is 0 Å². The fourth-order valence-corrected chi connectivity index (χ4v) is 65.9. The van der Waals surface area contributed by atoms with E-state index in [1.807, 2.05) is 0 Å². The van der Waals surface area contributed by atoms with Crippen molar-refractivity contribution in [3.8, 4) is 0 Å². The summed E-state index contributed by atoms with van der Waals surface area (Å²) in [6, 6.07) is 0. The summed E-state index contributed by atoms with van der Waals surface area (Å²) in [5.74, 6) is 0. The highest BCUT2D eigenvalue weighted by Crippen LogP contribution is 2.71. The van der Waals surface area contributed by atoms with E-state index in [9.17, 15) is 0 Å². The minimum absolute atomic E-state index is 0.00649. The van der Waals surface area contributed by atoms with Gasteiger partial charge in [-0.1, -0.05) is 163 Å². The first-order valence-electron chi connectivity index (χ1n) is 11.2. The maximum absolute atomic E-state index is 18.2. The van der Waals surface area contributed by atoms with E-state index in [1.165, 1.54) is 0 Å². The second kappa shape index (κ2) is 7.32. The molecule has 0 fully saturated rings. The lowest BCUT2D eigenvalue weighted by atomic mass is 10.2. The third-order valence-corrected chi connectivity index (χ3v) is 46.4. The smallest absolute Gasteiger partial charge is 0.0429 e. The third-order valence-electron chi connectivity index (χ3n) is 7.41. The van der Waals surface area contributed by atoms with Crippen molar-refractivity contribution in [1.29, 1.82) is 0 Å². The van der Waals surface area contributed by atoms with Gasteiger partial charge in [0, 0.05) is 0 Å². The van der Waals surface area contributed by atoms with E-state index in [0.29, 0.717) is 0 Å². The van der Waals surface area contributed by atoms with Crippen LogP contribution in [0.25, 0.3) is 0 Å². The Bertz CT molecular complexity index is 415. The first kappa shape index (κ1) is 28.6. The van der Waals surface area contributed by atoms with Gasteiger partial charge in [-0.05, 0) is 15.2 Å². The van der Waals surface area contributed by atoms with Gasteiger partial charge in [0.2, 0.25) is 0 Å². The van der Waals surface area contributed by atoms with Gasteiger partial charge in [-0.25, -0.2) is 0 Å². The van der Waals surface area contributed by atoms with Crippen LogP contribution in [0.1, 0.15) is 125 Å². The summed E-state index contributed by atoms with van der Waals surface area (Å²) in [5, 5.41) is 0.0390. The van der Waals surface area contributed by atoms with Gasteiger partial charge in [0.1, 0.15) is 0 Å². The van der Waals surface area contributed by atoms with Crippen LogP contribution in [-0.4, -0.2) is 23.3 Å². The highest BCUT2D eigenvalue weighted by atomic mass is 29.6. The van der Waals surface area contributed by atoms with Gasteiger partial charge in [-0.15, -0.1) is 0 Å². The van der Waals surface area contributed by atoms with E-state index in [-0.39, 0.29) is 30.2 Å². The van der Waals surface area contributed by atoms with Crippen LogP contribution in [0.15, 0.2) is 0 Å². The van der Waals surface area contributed by atoms with Crippen molar-refractivity contribution in [3.63, 3.8) is 0 Å². The van der Waals surface area contributed by atoms with E-state index >= 15 is 4.11 Å². The molecule has 0 unspecified atom stereocenters. The summed E-state index contributed by atoms with van der Waals surface area (Å²) in [7, 11) is -7.09. The van der Waals surface area contributed by atoms with Crippen molar-refractivity contribution >= 4 is 23.3 Å². The Hall–Kier alpha value is 0.581. The van der Waals surface area contributed by atoms with E-state index in [4.69, 9.17) is 0 Å². The molecule has 0 aromatic rings. The molecular formula is C24H54FSi3-. The van der Waals surface area contributed by atoms with Crippen molar-refractivity contribution in [2.24, 2.45) is 0 Å². The highest BCUT2D eigenvalue weighted by molar-refractivity contribution is 7.62. The van der Waals surface area contributed by atoms with Gasteiger partial charge >= 0.3 is 0 Å². The van der Waals surface area contributed by atoms with Gasteiger partial charge in [-0.3, -0.25) is 0 Å². The van der Waals surface area contributed by atoms with Crippen LogP contribution >= 0.6 is 0 Å². The standard InChI is InChI=1S/C24H54FSi3/c1-19(2,3)27(20(4,5)6,21(7,8)9)26(25)28(22(10,11)12,23(13,14)15)24(16,17)18/h1-18H3/q-1. The second-order valence-corrected chi connectivity index (χ2v) is 36.6. The normalized spacial score (nSPS) is 16.7. The van der Waals surface area contributed by atoms with Gasteiger partial charge < -0.3 is 4.11 Å². The molecule has 0 saturated heterocycles. The number of hydrogen-bond donors (Lipinski definition) is 0. The van der Waals surface area contributed by atoms with E-state index in [2.05, 4.69) is 125 Å². The zero-order valence-electron chi connectivity index (χ0n) is 22.9. The van der Waals surface area contributed by atoms with E-state index < -0.39 is 23.3 Å². The molecule has 0 radical (unpaired) electrons. The molecule has 170 valence electrons. The first-order chi connectivity index (χ1) is 11.7. The molecule has 0 saturated carbocycles. The van der Waals surface area contributed by atoms with Crippen molar-refractivity contribution < 1.29 is 4.11 Å². The van der Waals surface area contributed by atoms with Gasteiger partial charge in [0.25, 0.3) is 0 Å². The monoisotopic (exact) mass is 445 g/mol. The maximum atomic E-state index is 18.2. The van der Waals surface area contributed by atoms with Crippen molar-refractivity contribution in [1.82, 2.24) is 0 Å². The molecule has 0 aromatic carbocycles. The summed E-state index contributed by atoms with van der Waals surface area (Å²) < 4.78 is 18.2. The summed E-state index contributed by atoms with van der Waals surface area (Å²) in [6.07, 6.45) is 0. The molecule has 0 aliphatic heterocycles. The molecule has 0 aliphatic rings. The Morgan fingerprint density at radius 1 is 0.357 bits per heavy atom. The molecule has 0 bridgehead atoms. The van der Waals surface area contributed by atoms with Crippen LogP contribution in [0.4, 0.5) is 4.11 Å². The molecule has 0 aliphatic carbocycles. The van der Waals surface area contributed by atoms with Crippen molar-refractivity contribution in [3.05, 3.63) is 0 Å². The lowest BCUT2D eigenvalue weighted by Crippen LogP contribution is -2.81. The van der Waals surface area contributed by atoms with Crippen LogP contribution in [0.2, 0.25) is 30.2 Å². The SMILES string of the molecule is CC(C)(C)[Si]([Si-](F)[Si](C(C)(C)C)(C(C)(C)C)C(C)(C)C)(C(C)(C)C)C(C)(C)C. The lowest BCUT2D eigenvalue weighted by Gasteiger charge is -2.78. The fraction of sp³-hybridized carbons (Fsp3) is 1.00. The highest BCUT2D eigenvalue weighted by Gasteiger charge is 2.67. The van der Waals surface area contributed by atoms with Gasteiger partial charge in [0.05, 0.1) is 0 Å². The quantitative estimate of drug-likeness (QED) is 0.293. The van der Waals surface area contributed by atoms with Gasteiger partial charge in [0.15, 0.2) is 0 Å². The molecule has 0 spiro atoms. The van der Waals surface area contributed by atoms with Crippen LogP contribution < -0.4 is 0 Å². The molecule has 0 aromatic heterocycles. The zero-order valence-corrected chi connectivity index (χ0v) is 25.9. The Labute approximate surface area is 182 Å². The van der Waals surface area contributed by atoms with Crippen LogP contribution in [0.5, 0.6) is 0 Å². The lowest BCUT2D eigenvalue weighted by molar-refractivity contribution is 0.532. The number of halogens is 1. The number of rotatable bonds is 2. The Kier molecular flexibility index (Phi) is 7.48. The van der Waals surface area contributed by atoms with Crippen LogP contribution in [-0.2, 0) is 0 Å². The molecule has 4 heteroatoms. The molecule has 28 heavy (non-hydrogen) atoms. The molecule has 0 atom stereocenters. The maximum Gasteiger partial charge on any atom is -0.0429 e. The number of hydrogen-bond acceptors (Lipinski definition) is 0. The Balaban J connectivity index is 7.83. The molecule has 0 rings (SSSR count). The summed E-state index contributed by atoms with van der Waals surface area (Å²) >= 11 is 0. The molecular weight excluding hydrogens is 392 g/mol. The van der Waals surface area contributed by atoms with E-state index in [0.717, 1.165) is 0 Å². The topological polar surface area (TPSA) is 0 Å². The third kappa shape index (κ3) is 3.92. The summed E-state index contributed by atoms with van der Waals surface area (Å²) in [6.45, 7) is 42.6. The predicted molar refractivity (Wildman–Crippen MR) is 137 cm³/mol. The average Bonchev–Trinajstić information content (AvgIpc) is 2.14. The molecule has 0 N–H and O–H groups in total. The molecule has 0 amide bonds. The molecule has 0 nitrogen and oxygen atoms in total. The zero-order chi connectivity index (χ0) is 23.6. The minimum atomic E-state index is -2.47. The molecule has 0 heterocycles. The predicted octanol–water partition coefficient (Wildman–Crippen LogP) is 9.80. The fourth-order valence-electron chi connectivity index (χ4n) is 9.01. The summed E-state index contributed by atoms with van der Waals surface area (Å²) in [4.78, 5) is 0. The second-order valence-electron chi connectivity index (χ2n) is 15.3. The largest absolute Gasteiger partial charge is 0.523 e. The van der Waals surface area contributed by atoms with Crippen LogP contribution in [0, 0.1) is 0 Å². The summed E-state index contributed by atoms with van der Waals surface area (Å²) in [5.41, 5.74) is 0. The van der Waals surface area contributed by atoms with Crippen molar-refractivity contribution in [2.45, 2.75) is 155 Å². The Morgan fingerprint density at radius 3 is 0.536 bits per heavy atom. The van der Waals surface area contributed by atoms with Crippen LogP contribution in [0.3, 0.4) is 0 Å². The Morgan fingerprint density at radius 2 is 0.464 bits per heavy atom. The van der Waals surface area contributed by atoms with E-state index in [1.54, 1.807) is 0 Å². The minimum Gasteiger partial charge on any atom is -0.523 e. The first-order valence-corrected chi connectivity index (χ1v) is 18.6.